The predicted octanol–water partition coefficient (Wildman–Crippen LogP) is 1.78. The van der Waals surface area contributed by atoms with Gasteiger partial charge in [0.05, 0.1) is 7.11 Å². The van der Waals surface area contributed by atoms with E-state index in [1.807, 2.05) is 0 Å². The first-order valence-electron chi connectivity index (χ1n) is 5.02. The molecule has 1 aromatic rings. The van der Waals surface area contributed by atoms with Crippen LogP contribution in [0.3, 0.4) is 0 Å². The van der Waals surface area contributed by atoms with Crippen molar-refractivity contribution < 1.29 is 23.4 Å². The van der Waals surface area contributed by atoms with Gasteiger partial charge in [0.25, 0.3) is 0 Å². The molecule has 0 aliphatic heterocycles. The maximum absolute atomic E-state index is 13.6. The molecule has 17 heavy (non-hydrogen) atoms. The SMILES string of the molecule is COC(=O)C(O)C(C)(C)c1c(F)cccc1F. The van der Waals surface area contributed by atoms with Gasteiger partial charge in [-0.1, -0.05) is 19.9 Å². The normalized spacial score (nSPS) is 13.3. The van der Waals surface area contributed by atoms with Crippen molar-refractivity contribution >= 4 is 5.97 Å². The fourth-order valence-electron chi connectivity index (χ4n) is 1.66. The highest BCUT2D eigenvalue weighted by Gasteiger charge is 2.39. The Kier molecular flexibility index (Phi) is 3.83. The Balaban J connectivity index is 3.25. The summed E-state index contributed by atoms with van der Waals surface area (Å²) in [6, 6.07) is 3.36. The summed E-state index contributed by atoms with van der Waals surface area (Å²) in [6.07, 6.45) is -1.64. The lowest BCUT2D eigenvalue weighted by Gasteiger charge is -2.29. The molecular formula is C12H14F2O3. The number of aliphatic hydroxyl groups is 1. The molecule has 0 radical (unpaired) electrons. The molecule has 0 aliphatic rings. The third-order valence-corrected chi connectivity index (χ3v) is 2.72. The summed E-state index contributed by atoms with van der Waals surface area (Å²) in [5.41, 5.74) is -1.75. The molecule has 0 fully saturated rings. The van der Waals surface area contributed by atoms with Crippen LogP contribution in [0.25, 0.3) is 0 Å². The Bertz CT molecular complexity index is 410. The molecule has 94 valence electrons. The maximum Gasteiger partial charge on any atom is 0.335 e. The van der Waals surface area contributed by atoms with E-state index >= 15 is 0 Å². The van der Waals surface area contributed by atoms with E-state index in [-0.39, 0.29) is 5.56 Å². The zero-order valence-electron chi connectivity index (χ0n) is 9.83. The number of aliphatic hydroxyl groups excluding tert-OH is 1. The van der Waals surface area contributed by atoms with Gasteiger partial charge in [-0.25, -0.2) is 13.6 Å². The topological polar surface area (TPSA) is 46.5 Å². The number of esters is 1. The van der Waals surface area contributed by atoms with E-state index in [2.05, 4.69) is 4.74 Å². The van der Waals surface area contributed by atoms with E-state index in [1.54, 1.807) is 0 Å². The number of ether oxygens (including phenoxy) is 1. The number of halogens is 2. The maximum atomic E-state index is 13.6. The summed E-state index contributed by atoms with van der Waals surface area (Å²) in [7, 11) is 1.10. The molecule has 1 unspecified atom stereocenters. The summed E-state index contributed by atoms with van der Waals surface area (Å²) >= 11 is 0. The van der Waals surface area contributed by atoms with Crippen molar-refractivity contribution in [3.05, 3.63) is 35.4 Å². The fourth-order valence-corrected chi connectivity index (χ4v) is 1.66. The number of hydrogen-bond acceptors (Lipinski definition) is 3. The molecule has 1 aromatic carbocycles. The first-order chi connectivity index (χ1) is 7.82. The van der Waals surface area contributed by atoms with Crippen LogP contribution in [0.2, 0.25) is 0 Å². The van der Waals surface area contributed by atoms with Crippen molar-refractivity contribution in [2.24, 2.45) is 0 Å². The first-order valence-corrected chi connectivity index (χ1v) is 5.02. The van der Waals surface area contributed by atoms with E-state index in [4.69, 9.17) is 0 Å². The summed E-state index contributed by atoms with van der Waals surface area (Å²) in [4.78, 5) is 11.2. The smallest absolute Gasteiger partial charge is 0.335 e. The van der Waals surface area contributed by atoms with E-state index in [1.165, 1.54) is 19.9 Å². The third-order valence-electron chi connectivity index (χ3n) is 2.72. The van der Waals surface area contributed by atoms with Gasteiger partial charge in [-0.3, -0.25) is 0 Å². The van der Waals surface area contributed by atoms with E-state index in [0.717, 1.165) is 19.2 Å². The van der Waals surface area contributed by atoms with E-state index in [0.29, 0.717) is 0 Å². The van der Waals surface area contributed by atoms with Crippen LogP contribution in [-0.2, 0) is 14.9 Å². The number of rotatable bonds is 3. The lowest BCUT2D eigenvalue weighted by Crippen LogP contribution is -2.42. The Labute approximate surface area is 98.0 Å². The highest BCUT2D eigenvalue weighted by molar-refractivity contribution is 5.76. The average molecular weight is 244 g/mol. The minimum Gasteiger partial charge on any atom is -0.467 e. The molecule has 1 atom stereocenters. The number of hydrogen-bond donors (Lipinski definition) is 1. The molecule has 0 spiro atoms. The van der Waals surface area contributed by atoms with Gasteiger partial charge in [0.1, 0.15) is 11.6 Å². The number of carbonyl (C=O) groups excluding carboxylic acids is 1. The monoisotopic (exact) mass is 244 g/mol. The Hall–Kier alpha value is -1.49. The Morgan fingerprint density at radius 2 is 1.82 bits per heavy atom. The zero-order valence-corrected chi connectivity index (χ0v) is 9.83. The predicted molar refractivity (Wildman–Crippen MR) is 57.4 cm³/mol. The highest BCUT2D eigenvalue weighted by Crippen LogP contribution is 2.32. The minimum absolute atomic E-state index is 0.335. The summed E-state index contributed by atoms with van der Waals surface area (Å²) in [5, 5.41) is 9.74. The van der Waals surface area contributed by atoms with Crippen LogP contribution in [0.1, 0.15) is 19.4 Å². The fraction of sp³-hybridized carbons (Fsp3) is 0.417. The summed E-state index contributed by atoms with van der Waals surface area (Å²) < 4.78 is 31.5. The number of methoxy groups -OCH3 is 1. The largest absolute Gasteiger partial charge is 0.467 e. The standard InChI is InChI=1S/C12H14F2O3/c1-12(2,10(15)11(16)17-3)9-7(13)5-4-6-8(9)14/h4-6,10,15H,1-3H3. The molecule has 0 bridgehead atoms. The summed E-state index contributed by atoms with van der Waals surface area (Å²) in [6.45, 7) is 2.74. The zero-order chi connectivity index (χ0) is 13.2. The number of benzene rings is 1. The van der Waals surface area contributed by atoms with Crippen molar-refractivity contribution in [2.75, 3.05) is 7.11 Å². The molecular weight excluding hydrogens is 230 g/mol. The van der Waals surface area contributed by atoms with Crippen molar-refractivity contribution in [1.29, 1.82) is 0 Å². The van der Waals surface area contributed by atoms with Crippen LogP contribution in [0.15, 0.2) is 18.2 Å². The van der Waals surface area contributed by atoms with Crippen LogP contribution >= 0.6 is 0 Å². The Morgan fingerprint density at radius 1 is 1.35 bits per heavy atom. The second-order valence-electron chi connectivity index (χ2n) is 4.24. The molecule has 0 saturated carbocycles. The highest BCUT2D eigenvalue weighted by atomic mass is 19.1. The van der Waals surface area contributed by atoms with Crippen LogP contribution in [0.4, 0.5) is 8.78 Å². The second-order valence-corrected chi connectivity index (χ2v) is 4.24. The van der Waals surface area contributed by atoms with E-state index < -0.39 is 29.1 Å². The average Bonchev–Trinajstić information content (AvgIpc) is 2.26. The molecule has 0 aromatic heterocycles. The van der Waals surface area contributed by atoms with Crippen molar-refractivity contribution in [2.45, 2.75) is 25.4 Å². The first kappa shape index (κ1) is 13.6. The van der Waals surface area contributed by atoms with Crippen LogP contribution in [0, 0.1) is 11.6 Å². The van der Waals surface area contributed by atoms with Crippen molar-refractivity contribution in [3.63, 3.8) is 0 Å². The van der Waals surface area contributed by atoms with Gasteiger partial charge in [-0.05, 0) is 12.1 Å². The molecule has 1 rings (SSSR count). The minimum atomic E-state index is -1.64. The van der Waals surface area contributed by atoms with Gasteiger partial charge in [0.2, 0.25) is 0 Å². The molecule has 5 heteroatoms. The van der Waals surface area contributed by atoms with Gasteiger partial charge in [-0.2, -0.15) is 0 Å². The number of carbonyl (C=O) groups is 1. The quantitative estimate of drug-likeness (QED) is 0.824. The second kappa shape index (κ2) is 4.79. The van der Waals surface area contributed by atoms with Crippen molar-refractivity contribution in [1.82, 2.24) is 0 Å². The van der Waals surface area contributed by atoms with Gasteiger partial charge in [0.15, 0.2) is 6.10 Å². The molecule has 0 heterocycles. The van der Waals surface area contributed by atoms with Gasteiger partial charge >= 0.3 is 5.97 Å². The molecule has 0 amide bonds. The lowest BCUT2D eigenvalue weighted by atomic mass is 9.78. The molecule has 0 aliphatic carbocycles. The summed E-state index contributed by atoms with van der Waals surface area (Å²) in [5.74, 6) is -2.55. The van der Waals surface area contributed by atoms with Gasteiger partial charge in [0, 0.05) is 11.0 Å². The lowest BCUT2D eigenvalue weighted by molar-refractivity contribution is -0.154. The van der Waals surface area contributed by atoms with Crippen LogP contribution < -0.4 is 0 Å². The molecule has 0 saturated heterocycles. The Morgan fingerprint density at radius 3 is 2.24 bits per heavy atom. The van der Waals surface area contributed by atoms with Gasteiger partial charge in [-0.15, -0.1) is 0 Å². The van der Waals surface area contributed by atoms with Gasteiger partial charge < -0.3 is 9.84 Å². The molecule has 3 nitrogen and oxygen atoms in total. The molecule has 1 N–H and O–H groups in total. The third kappa shape index (κ3) is 2.44. The van der Waals surface area contributed by atoms with Crippen LogP contribution in [-0.4, -0.2) is 24.3 Å². The van der Waals surface area contributed by atoms with Crippen LogP contribution in [0.5, 0.6) is 0 Å². The van der Waals surface area contributed by atoms with E-state index in [9.17, 15) is 18.7 Å². The van der Waals surface area contributed by atoms with Crippen molar-refractivity contribution in [3.8, 4) is 0 Å².